The van der Waals surface area contributed by atoms with Crippen molar-refractivity contribution in [3.63, 3.8) is 0 Å². The van der Waals surface area contributed by atoms with Crippen LogP contribution < -0.4 is 20.7 Å². The number of hydrogen-bond acceptors (Lipinski definition) is 1. The average Bonchev–Trinajstić information content (AvgIpc) is 4.05. The number of benzene rings is 9. The van der Waals surface area contributed by atoms with Gasteiger partial charge in [-0.25, -0.2) is 0 Å². The zero-order valence-corrected chi connectivity index (χ0v) is 31.9. The zero-order valence-electron chi connectivity index (χ0n) is 39.9. The smallest absolute Gasteiger partial charge is 0.179 e. The summed E-state index contributed by atoms with van der Waals surface area (Å²) in [5.41, 5.74) is 2.62. The van der Waals surface area contributed by atoms with E-state index in [1.165, 1.54) is 0 Å². The summed E-state index contributed by atoms with van der Waals surface area (Å²) in [6.07, 6.45) is 0. The molecule has 272 valence electrons. The molecule has 3 aromatic heterocycles. The number of rotatable bonds is 6. The number of para-hydroxylation sites is 4. The lowest BCUT2D eigenvalue weighted by atomic mass is 10.1. The monoisotopic (exact) mass is 765 g/mol. The van der Waals surface area contributed by atoms with Gasteiger partial charge in [-0.05, 0) is 63.1 Å². The lowest BCUT2D eigenvalue weighted by Crippen LogP contribution is -2.74. The van der Waals surface area contributed by atoms with Gasteiger partial charge >= 0.3 is 0 Å². The Morgan fingerprint density at radius 3 is 1.60 bits per heavy atom. The van der Waals surface area contributed by atoms with Crippen LogP contribution in [0.15, 0.2) is 223 Å². The van der Waals surface area contributed by atoms with Crippen LogP contribution in [0.1, 0.15) is 12.3 Å². The van der Waals surface area contributed by atoms with Crippen LogP contribution in [0.5, 0.6) is 0 Å². The quantitative estimate of drug-likeness (QED) is 0.122. The van der Waals surface area contributed by atoms with E-state index in [1.807, 2.05) is 120 Å². The Hall–Kier alpha value is -7.40. The fourth-order valence-electron chi connectivity index (χ4n) is 9.26. The summed E-state index contributed by atoms with van der Waals surface area (Å²) in [6, 6.07) is 51.4. The van der Waals surface area contributed by atoms with Crippen molar-refractivity contribution in [2.24, 2.45) is 0 Å². The second-order valence-corrected chi connectivity index (χ2v) is 18.3. The third-order valence-corrected chi connectivity index (χ3v) is 16.4. The van der Waals surface area contributed by atoms with Crippen LogP contribution in [-0.4, -0.2) is 17.2 Å². The van der Waals surface area contributed by atoms with E-state index in [0.29, 0.717) is 5.69 Å². The van der Waals surface area contributed by atoms with Gasteiger partial charge in [0.1, 0.15) is 5.58 Å². The van der Waals surface area contributed by atoms with Crippen LogP contribution >= 0.6 is 0 Å². The van der Waals surface area contributed by atoms with Crippen molar-refractivity contribution in [2.45, 2.75) is 0 Å². The van der Waals surface area contributed by atoms with E-state index in [0.717, 1.165) is 42.6 Å². The van der Waals surface area contributed by atoms with E-state index in [1.54, 1.807) is 4.57 Å². The van der Waals surface area contributed by atoms with Crippen molar-refractivity contribution in [3.05, 3.63) is 218 Å². The molecule has 0 amide bonds. The molecule has 9 aromatic carbocycles. The molecule has 3 heterocycles. The highest BCUT2D eigenvalue weighted by atomic mass is 28.3. The van der Waals surface area contributed by atoms with Gasteiger partial charge in [0.25, 0.3) is 0 Å². The summed E-state index contributed by atoms with van der Waals surface area (Å²) in [5.74, 6) is 0. The zero-order chi connectivity index (χ0) is 46.0. The van der Waals surface area contributed by atoms with E-state index in [2.05, 4.69) is 48.5 Å². The van der Waals surface area contributed by atoms with Gasteiger partial charge in [-0.2, -0.15) is 0 Å². The molecule has 0 saturated carbocycles. The van der Waals surface area contributed by atoms with Gasteiger partial charge in [-0.1, -0.05) is 176 Å². The largest absolute Gasteiger partial charge is 0.454 e. The van der Waals surface area contributed by atoms with Crippen LogP contribution in [0.3, 0.4) is 0 Å². The second kappa shape index (κ2) is 12.8. The highest BCUT2D eigenvalue weighted by molar-refractivity contribution is 7.19. The van der Waals surface area contributed by atoms with Crippen molar-refractivity contribution in [3.8, 4) is 11.4 Å². The van der Waals surface area contributed by atoms with Crippen LogP contribution in [0.25, 0.3) is 76.9 Å². The Morgan fingerprint density at radius 2 is 0.966 bits per heavy atom. The third-order valence-electron chi connectivity index (χ3n) is 11.6. The first-order valence-electron chi connectivity index (χ1n) is 23.7. The normalized spacial score (nSPS) is 14.3. The average molecular weight is 766 g/mol. The molecule has 0 N–H and O–H groups in total. The molecular weight excluding hydrogens is 721 g/mol. The van der Waals surface area contributed by atoms with Crippen molar-refractivity contribution >= 4 is 94.4 Å². The SMILES string of the molecule is [2H]c1c([2H])c([2H])c2c(oc3c(-n4c5ccccc5c5ccccc54)c([2H])c4c5c([2H])c([2H])c([2H])c([2H])c5n(-c5cccc([Si](c6ccccc6)(c6ccccc6)c6ccccc6)c5)c4c32)c1[2H]. The minimum atomic E-state index is -3.17. The predicted octanol–water partition coefficient (Wildman–Crippen LogP) is 11.2. The number of fused-ring (bicyclic) bond motifs is 10. The van der Waals surface area contributed by atoms with Crippen LogP contribution in [-0.2, 0) is 0 Å². The Labute approximate surface area is 348 Å². The molecule has 3 nitrogen and oxygen atoms in total. The van der Waals surface area contributed by atoms with Crippen molar-refractivity contribution in [1.29, 1.82) is 0 Å². The molecule has 12 aromatic rings. The van der Waals surface area contributed by atoms with Gasteiger partial charge in [0.05, 0.1) is 45.5 Å². The van der Waals surface area contributed by atoms with Crippen molar-refractivity contribution in [2.75, 3.05) is 0 Å². The van der Waals surface area contributed by atoms with E-state index >= 15 is 0 Å². The van der Waals surface area contributed by atoms with Crippen LogP contribution in [0.2, 0.25) is 0 Å². The molecule has 0 fully saturated rings. The van der Waals surface area contributed by atoms with Crippen molar-refractivity contribution in [1.82, 2.24) is 9.13 Å². The third kappa shape index (κ3) is 4.61. The molecule has 0 bridgehead atoms. The number of furan rings is 1. The van der Waals surface area contributed by atoms with E-state index < -0.39 is 38.3 Å². The molecular formula is C54H36N2OSi. The number of hydrogen-bond donors (Lipinski definition) is 0. The first kappa shape index (κ1) is 25.0. The van der Waals surface area contributed by atoms with Gasteiger partial charge in [0.2, 0.25) is 0 Å². The summed E-state index contributed by atoms with van der Waals surface area (Å²) in [7, 11) is -3.17. The molecule has 4 heteroatoms. The minimum Gasteiger partial charge on any atom is -0.454 e. The topological polar surface area (TPSA) is 23.0 Å². The molecule has 0 spiro atoms. The first-order chi connectivity index (χ1) is 32.5. The summed E-state index contributed by atoms with van der Waals surface area (Å²) in [4.78, 5) is 0. The van der Waals surface area contributed by atoms with E-state index in [9.17, 15) is 5.48 Å². The molecule has 58 heavy (non-hydrogen) atoms. The molecule has 0 radical (unpaired) electrons. The fourth-order valence-corrected chi connectivity index (χ4v) is 14.1. The standard InChI is InChI=1S/C54H36N2OSi/c1-4-20-38(21-5-1)58(39-22-6-2-7-23-39,40-24-8-3-9-25-40)41-26-18-19-37(35-41)55-47-31-14-12-29-44(47)46-36-50(54-52(53(46)55)45-30-13-17-34-51(45)57-54)56-48-32-15-10-27-42(48)43-28-11-16-33-49(43)56/h1-36H/i12D,13D,14D,17D,29D,30D,31D,34D,36D. The van der Waals surface area contributed by atoms with E-state index in [-0.39, 0.29) is 73.6 Å². The van der Waals surface area contributed by atoms with E-state index in [4.69, 9.17) is 11.3 Å². The fraction of sp³-hybridized carbons (Fsp3) is 0. The highest BCUT2D eigenvalue weighted by Crippen LogP contribution is 2.45. The second-order valence-electron chi connectivity index (χ2n) is 14.5. The number of nitrogens with zero attached hydrogens (tertiary/aromatic N) is 2. The highest BCUT2D eigenvalue weighted by Gasteiger charge is 2.41. The Kier molecular flexibility index (Phi) is 5.52. The Morgan fingerprint density at radius 1 is 0.431 bits per heavy atom. The molecule has 12 rings (SSSR count). The maximum atomic E-state index is 10.4. The maximum absolute atomic E-state index is 10.4. The minimum absolute atomic E-state index is 0.0741. The molecule has 0 aliphatic rings. The molecule has 0 aliphatic carbocycles. The van der Waals surface area contributed by atoms with Gasteiger partial charge in [0.15, 0.2) is 13.7 Å². The Bertz CT molecular complexity index is 3890. The van der Waals surface area contributed by atoms with Crippen LogP contribution in [0, 0.1) is 0 Å². The predicted molar refractivity (Wildman–Crippen MR) is 246 cm³/mol. The summed E-state index contributed by atoms with van der Waals surface area (Å²) < 4.78 is 94.6. The van der Waals surface area contributed by atoms with Crippen molar-refractivity contribution < 1.29 is 16.8 Å². The van der Waals surface area contributed by atoms with Gasteiger partial charge in [-0.3, -0.25) is 0 Å². The maximum Gasteiger partial charge on any atom is 0.179 e. The molecule has 0 atom stereocenters. The number of aromatic nitrogens is 2. The molecule has 0 aliphatic heterocycles. The summed E-state index contributed by atoms with van der Waals surface area (Å²) in [5, 5.41) is 6.76. The summed E-state index contributed by atoms with van der Waals surface area (Å²) in [6.45, 7) is 0. The lowest BCUT2D eigenvalue weighted by molar-refractivity contribution is 0.666. The van der Waals surface area contributed by atoms with Crippen LogP contribution in [0.4, 0.5) is 0 Å². The molecule has 0 saturated heterocycles. The first-order valence-corrected chi connectivity index (χ1v) is 21.2. The molecule has 0 unspecified atom stereocenters. The van der Waals surface area contributed by atoms with Gasteiger partial charge in [0, 0.05) is 32.6 Å². The lowest BCUT2D eigenvalue weighted by Gasteiger charge is -2.34. The Balaban J connectivity index is 1.33. The van der Waals surface area contributed by atoms with Gasteiger partial charge < -0.3 is 13.6 Å². The van der Waals surface area contributed by atoms with Gasteiger partial charge in [-0.15, -0.1) is 0 Å². The summed E-state index contributed by atoms with van der Waals surface area (Å²) >= 11 is 0.